The van der Waals surface area contributed by atoms with Crippen LogP contribution >= 0.6 is 0 Å². The van der Waals surface area contributed by atoms with Crippen molar-refractivity contribution < 1.29 is 22.4 Å². The molecule has 0 fully saturated rings. The summed E-state index contributed by atoms with van der Waals surface area (Å²) < 4.78 is 36.7. The van der Waals surface area contributed by atoms with Gasteiger partial charge in [0.05, 0.1) is 18.3 Å². The largest absolute Gasteiger partial charge is 0.463 e. The molecule has 3 aromatic rings. The Morgan fingerprint density at radius 2 is 1.96 bits per heavy atom. The molecule has 3 rings (SSSR count). The summed E-state index contributed by atoms with van der Waals surface area (Å²) >= 11 is 0. The number of ether oxygens (including phenoxy) is 1. The molecule has 0 aliphatic heterocycles. The number of nitrogens with zero attached hydrogens (tertiary/aromatic N) is 1. The van der Waals surface area contributed by atoms with Crippen LogP contribution in [0.2, 0.25) is 0 Å². The van der Waals surface area contributed by atoms with Gasteiger partial charge in [0.15, 0.2) is 0 Å². The fourth-order valence-corrected chi connectivity index (χ4v) is 3.06. The lowest BCUT2D eigenvalue weighted by atomic mass is 10.2. The summed E-state index contributed by atoms with van der Waals surface area (Å²) in [6.45, 7) is 0. The summed E-state index contributed by atoms with van der Waals surface area (Å²) in [6.07, 6.45) is 1.57. The standard InChI is InChI=1S/C15H12N2O5S/c1-21-15(18)12-7-8-13(22-12)23(19,20)17-11-6-2-4-10-5-3-9-16-14(10)11/h2-9,17H,1H3. The van der Waals surface area contributed by atoms with Crippen molar-refractivity contribution in [3.05, 3.63) is 54.4 Å². The quantitative estimate of drug-likeness (QED) is 0.737. The van der Waals surface area contributed by atoms with Gasteiger partial charge >= 0.3 is 5.97 Å². The van der Waals surface area contributed by atoms with Crippen LogP contribution in [0.4, 0.5) is 5.69 Å². The minimum absolute atomic E-state index is 0.191. The van der Waals surface area contributed by atoms with Gasteiger partial charge in [-0.15, -0.1) is 0 Å². The highest BCUT2D eigenvalue weighted by Crippen LogP contribution is 2.24. The maximum atomic E-state index is 12.4. The third kappa shape index (κ3) is 2.88. The van der Waals surface area contributed by atoms with Gasteiger partial charge in [-0.25, -0.2) is 4.79 Å². The van der Waals surface area contributed by atoms with Crippen LogP contribution in [0.5, 0.6) is 0 Å². The Kier molecular flexibility index (Phi) is 3.75. The molecule has 23 heavy (non-hydrogen) atoms. The third-order valence-electron chi connectivity index (χ3n) is 3.11. The molecule has 0 amide bonds. The van der Waals surface area contributed by atoms with E-state index in [9.17, 15) is 13.2 Å². The number of rotatable bonds is 4. The van der Waals surface area contributed by atoms with E-state index in [-0.39, 0.29) is 10.9 Å². The number of fused-ring (bicyclic) bond motifs is 1. The van der Waals surface area contributed by atoms with E-state index in [0.29, 0.717) is 11.2 Å². The van der Waals surface area contributed by atoms with E-state index < -0.39 is 16.0 Å². The lowest BCUT2D eigenvalue weighted by Crippen LogP contribution is -2.12. The highest BCUT2D eigenvalue weighted by molar-refractivity contribution is 7.92. The molecule has 0 bridgehead atoms. The van der Waals surface area contributed by atoms with Gasteiger partial charge in [-0.2, -0.15) is 8.42 Å². The van der Waals surface area contributed by atoms with Crippen molar-refractivity contribution >= 4 is 32.6 Å². The van der Waals surface area contributed by atoms with E-state index in [1.807, 2.05) is 12.1 Å². The van der Waals surface area contributed by atoms with Crippen molar-refractivity contribution in [1.29, 1.82) is 0 Å². The molecule has 2 aromatic heterocycles. The van der Waals surface area contributed by atoms with Gasteiger partial charge in [0.2, 0.25) is 10.9 Å². The molecule has 7 nitrogen and oxygen atoms in total. The number of esters is 1. The molecule has 0 spiro atoms. The topological polar surface area (TPSA) is 98.5 Å². The fourth-order valence-electron chi connectivity index (χ4n) is 2.06. The van der Waals surface area contributed by atoms with Crippen molar-refractivity contribution in [3.8, 4) is 0 Å². The molecular weight excluding hydrogens is 320 g/mol. The van der Waals surface area contributed by atoms with Gasteiger partial charge in [0, 0.05) is 11.6 Å². The molecule has 1 aromatic carbocycles. The van der Waals surface area contributed by atoms with Crippen molar-refractivity contribution in [2.45, 2.75) is 5.09 Å². The Labute approximate surface area is 131 Å². The Bertz CT molecular complexity index is 973. The number of anilines is 1. The highest BCUT2D eigenvalue weighted by atomic mass is 32.2. The zero-order valence-corrected chi connectivity index (χ0v) is 12.8. The zero-order chi connectivity index (χ0) is 16.4. The van der Waals surface area contributed by atoms with Crippen LogP contribution in [0.1, 0.15) is 10.6 Å². The van der Waals surface area contributed by atoms with Gasteiger partial charge in [0.1, 0.15) is 0 Å². The summed E-state index contributed by atoms with van der Waals surface area (Å²) in [5.41, 5.74) is 0.831. The first-order valence-electron chi connectivity index (χ1n) is 6.56. The molecule has 0 atom stereocenters. The van der Waals surface area contributed by atoms with Crippen molar-refractivity contribution in [3.63, 3.8) is 0 Å². The predicted molar refractivity (Wildman–Crippen MR) is 82.6 cm³/mol. The second-order valence-corrected chi connectivity index (χ2v) is 6.21. The number of hydrogen-bond acceptors (Lipinski definition) is 6. The number of aromatic nitrogens is 1. The second-order valence-electron chi connectivity index (χ2n) is 4.60. The molecule has 0 aliphatic carbocycles. The molecule has 0 unspecified atom stereocenters. The van der Waals surface area contributed by atoms with E-state index in [2.05, 4.69) is 14.4 Å². The van der Waals surface area contributed by atoms with Gasteiger partial charge in [0.25, 0.3) is 10.0 Å². The van der Waals surface area contributed by atoms with Gasteiger partial charge in [-0.3, -0.25) is 9.71 Å². The van der Waals surface area contributed by atoms with Gasteiger partial charge in [-0.1, -0.05) is 18.2 Å². The van der Waals surface area contributed by atoms with Gasteiger partial charge < -0.3 is 9.15 Å². The lowest BCUT2D eigenvalue weighted by molar-refractivity contribution is 0.0559. The molecule has 1 N–H and O–H groups in total. The fraction of sp³-hybridized carbons (Fsp3) is 0.0667. The predicted octanol–water partition coefficient (Wildman–Crippen LogP) is 2.42. The first kappa shape index (κ1) is 15.0. The van der Waals surface area contributed by atoms with Crippen LogP contribution in [-0.2, 0) is 14.8 Å². The Morgan fingerprint density at radius 3 is 2.74 bits per heavy atom. The number of para-hydroxylation sites is 1. The number of pyridine rings is 1. The first-order valence-corrected chi connectivity index (χ1v) is 8.04. The Morgan fingerprint density at radius 1 is 1.17 bits per heavy atom. The summed E-state index contributed by atoms with van der Waals surface area (Å²) in [7, 11) is -2.81. The molecule has 0 radical (unpaired) electrons. The van der Waals surface area contributed by atoms with Gasteiger partial charge in [-0.05, 0) is 24.3 Å². The van der Waals surface area contributed by atoms with Crippen LogP contribution in [-0.4, -0.2) is 26.5 Å². The minimum atomic E-state index is -3.99. The van der Waals surface area contributed by atoms with Crippen LogP contribution in [0.25, 0.3) is 10.9 Å². The first-order chi connectivity index (χ1) is 11.0. The highest BCUT2D eigenvalue weighted by Gasteiger charge is 2.22. The molecular formula is C15H12N2O5S. The SMILES string of the molecule is COC(=O)c1ccc(S(=O)(=O)Nc2cccc3cccnc23)o1. The number of carbonyl (C=O) groups is 1. The number of furan rings is 1. The normalized spacial score (nSPS) is 11.3. The maximum Gasteiger partial charge on any atom is 0.374 e. The van der Waals surface area contributed by atoms with Crippen LogP contribution in [0.15, 0.2) is 58.2 Å². The Hall–Kier alpha value is -2.87. The minimum Gasteiger partial charge on any atom is -0.463 e. The van der Waals surface area contributed by atoms with E-state index in [4.69, 9.17) is 4.42 Å². The summed E-state index contributed by atoms with van der Waals surface area (Å²) in [5, 5.41) is 0.410. The molecule has 0 saturated carbocycles. The van der Waals surface area contributed by atoms with Crippen LogP contribution < -0.4 is 4.72 Å². The van der Waals surface area contributed by atoms with Crippen LogP contribution in [0.3, 0.4) is 0 Å². The Balaban J connectivity index is 1.97. The number of hydrogen-bond donors (Lipinski definition) is 1. The molecule has 2 heterocycles. The second kappa shape index (κ2) is 5.73. The van der Waals surface area contributed by atoms with E-state index >= 15 is 0 Å². The number of sulfonamides is 1. The number of benzene rings is 1. The molecule has 0 saturated heterocycles. The van der Waals surface area contributed by atoms with E-state index in [0.717, 1.165) is 5.39 Å². The van der Waals surface area contributed by atoms with Crippen molar-refractivity contribution in [2.75, 3.05) is 11.8 Å². The number of carbonyl (C=O) groups excluding carboxylic acids is 1. The third-order valence-corrected chi connectivity index (χ3v) is 4.35. The molecule has 118 valence electrons. The monoisotopic (exact) mass is 332 g/mol. The summed E-state index contributed by atoms with van der Waals surface area (Å²) in [5.74, 6) is -0.942. The zero-order valence-electron chi connectivity index (χ0n) is 12.0. The summed E-state index contributed by atoms with van der Waals surface area (Å²) in [4.78, 5) is 15.5. The van der Waals surface area contributed by atoms with Crippen LogP contribution in [0, 0.1) is 0 Å². The van der Waals surface area contributed by atoms with E-state index in [1.165, 1.54) is 19.2 Å². The average Bonchev–Trinajstić information content (AvgIpc) is 3.05. The number of nitrogens with one attached hydrogen (secondary N) is 1. The van der Waals surface area contributed by atoms with E-state index in [1.54, 1.807) is 24.4 Å². The smallest absolute Gasteiger partial charge is 0.374 e. The van der Waals surface area contributed by atoms with Crippen molar-refractivity contribution in [1.82, 2.24) is 4.98 Å². The average molecular weight is 332 g/mol. The summed E-state index contributed by atoms with van der Waals surface area (Å²) in [6, 6.07) is 11.1. The maximum absolute atomic E-state index is 12.4. The lowest BCUT2D eigenvalue weighted by Gasteiger charge is -2.08. The molecule has 8 heteroatoms. The number of methoxy groups -OCH3 is 1. The molecule has 0 aliphatic rings. The van der Waals surface area contributed by atoms with Crippen molar-refractivity contribution in [2.24, 2.45) is 0 Å².